The van der Waals surface area contributed by atoms with Crippen molar-refractivity contribution >= 4 is 16.9 Å². The summed E-state index contributed by atoms with van der Waals surface area (Å²) in [6.45, 7) is 1.05. The van der Waals surface area contributed by atoms with E-state index in [1.807, 2.05) is 48.5 Å². The molecule has 7 heteroatoms. The first kappa shape index (κ1) is 16.8. The molecule has 0 aliphatic rings. The highest BCUT2D eigenvalue weighted by Crippen LogP contribution is 2.16. The number of carbonyl (C=O) groups excluding carboxylic acids is 1. The molecule has 25 heavy (non-hydrogen) atoms. The number of aromatic nitrogens is 3. The average Bonchev–Trinajstić information content (AvgIpc) is 3.05. The fourth-order valence-corrected chi connectivity index (χ4v) is 2.38. The van der Waals surface area contributed by atoms with Gasteiger partial charge in [0.15, 0.2) is 0 Å². The van der Waals surface area contributed by atoms with Crippen LogP contribution in [0, 0.1) is 0 Å². The Kier molecular flexibility index (Phi) is 5.13. The van der Waals surface area contributed by atoms with Gasteiger partial charge in [0.1, 0.15) is 30.2 Å². The number of hydrogen-bond acceptors (Lipinski definition) is 5. The van der Waals surface area contributed by atoms with Gasteiger partial charge in [-0.15, -0.1) is 5.10 Å². The molecule has 130 valence electrons. The number of amides is 1. The molecule has 1 aromatic heterocycles. The van der Waals surface area contributed by atoms with E-state index in [4.69, 9.17) is 9.47 Å². The number of carbonyl (C=O) groups is 1. The molecule has 0 N–H and O–H groups in total. The van der Waals surface area contributed by atoms with E-state index < -0.39 is 0 Å². The molecule has 0 atom stereocenters. The maximum Gasteiger partial charge on any atom is 0.244 e. The third kappa shape index (κ3) is 4.06. The number of fused-ring (bicyclic) bond motifs is 1. The fourth-order valence-electron chi connectivity index (χ4n) is 2.38. The summed E-state index contributed by atoms with van der Waals surface area (Å²) in [5.74, 6) is 1.47. The van der Waals surface area contributed by atoms with Crippen LogP contribution in [0.25, 0.3) is 11.0 Å². The summed E-state index contributed by atoms with van der Waals surface area (Å²) in [5.41, 5.74) is 1.62. The Balaban J connectivity index is 1.50. The molecule has 3 rings (SSSR count). The van der Waals surface area contributed by atoms with Crippen molar-refractivity contribution < 1.29 is 14.3 Å². The second-order valence-electron chi connectivity index (χ2n) is 5.58. The SMILES string of the molecule is COc1ccc(OCCN(C)C(=O)Cn2nnc3ccccc32)cc1. The summed E-state index contributed by atoms with van der Waals surface area (Å²) in [7, 11) is 3.37. The van der Waals surface area contributed by atoms with Crippen LogP contribution in [0.4, 0.5) is 0 Å². The van der Waals surface area contributed by atoms with Crippen molar-refractivity contribution in [3.05, 3.63) is 48.5 Å². The highest BCUT2D eigenvalue weighted by atomic mass is 16.5. The number of ether oxygens (including phenoxy) is 2. The number of nitrogens with zero attached hydrogens (tertiary/aromatic N) is 4. The van der Waals surface area contributed by atoms with Gasteiger partial charge in [-0.25, -0.2) is 4.68 Å². The summed E-state index contributed by atoms with van der Waals surface area (Å²) < 4.78 is 12.4. The Morgan fingerprint density at radius 1 is 1.12 bits per heavy atom. The van der Waals surface area contributed by atoms with Crippen LogP contribution in [0.1, 0.15) is 0 Å². The van der Waals surface area contributed by atoms with Gasteiger partial charge in [-0.1, -0.05) is 17.3 Å². The van der Waals surface area contributed by atoms with Crippen LogP contribution in [-0.2, 0) is 11.3 Å². The van der Waals surface area contributed by atoms with Crippen LogP contribution < -0.4 is 9.47 Å². The first-order valence-corrected chi connectivity index (χ1v) is 7.96. The molecule has 0 saturated heterocycles. The highest BCUT2D eigenvalue weighted by molar-refractivity contribution is 5.79. The fraction of sp³-hybridized carbons (Fsp3) is 0.278. The normalized spacial score (nSPS) is 10.6. The molecular formula is C18H20N4O3. The molecule has 1 amide bonds. The smallest absolute Gasteiger partial charge is 0.244 e. The summed E-state index contributed by atoms with van der Waals surface area (Å²) >= 11 is 0. The molecule has 0 saturated carbocycles. The molecule has 0 aliphatic heterocycles. The Morgan fingerprint density at radius 2 is 1.84 bits per heavy atom. The zero-order valence-electron chi connectivity index (χ0n) is 14.3. The van der Waals surface area contributed by atoms with Gasteiger partial charge in [-0.05, 0) is 36.4 Å². The van der Waals surface area contributed by atoms with Crippen LogP contribution in [-0.4, -0.2) is 53.1 Å². The number of hydrogen-bond donors (Lipinski definition) is 0. The minimum Gasteiger partial charge on any atom is -0.497 e. The van der Waals surface area contributed by atoms with E-state index in [1.54, 1.807) is 23.7 Å². The number of likely N-dealkylation sites (N-methyl/N-ethyl adjacent to an activating group) is 1. The van der Waals surface area contributed by atoms with Crippen LogP contribution in [0.5, 0.6) is 11.5 Å². The van der Waals surface area contributed by atoms with Crippen molar-refractivity contribution in [2.45, 2.75) is 6.54 Å². The van der Waals surface area contributed by atoms with E-state index in [2.05, 4.69) is 10.3 Å². The van der Waals surface area contributed by atoms with Crippen LogP contribution in [0.15, 0.2) is 48.5 Å². The maximum atomic E-state index is 12.3. The van der Waals surface area contributed by atoms with Crippen LogP contribution in [0.2, 0.25) is 0 Å². The zero-order valence-corrected chi connectivity index (χ0v) is 14.3. The van der Waals surface area contributed by atoms with E-state index in [9.17, 15) is 4.79 Å². The van der Waals surface area contributed by atoms with Gasteiger partial charge in [0.25, 0.3) is 0 Å². The Bertz CT molecular complexity index is 845. The number of para-hydroxylation sites is 1. The van der Waals surface area contributed by atoms with Crippen molar-refractivity contribution in [3.8, 4) is 11.5 Å². The van der Waals surface area contributed by atoms with Gasteiger partial charge in [0.2, 0.25) is 5.91 Å². The van der Waals surface area contributed by atoms with Crippen molar-refractivity contribution in [2.24, 2.45) is 0 Å². The van der Waals surface area contributed by atoms with Crippen LogP contribution in [0.3, 0.4) is 0 Å². The molecule has 0 aliphatic carbocycles. The first-order chi connectivity index (χ1) is 12.2. The number of methoxy groups -OCH3 is 1. The lowest BCUT2D eigenvalue weighted by Crippen LogP contribution is -2.33. The summed E-state index contributed by atoms with van der Waals surface area (Å²) in [6.07, 6.45) is 0. The highest BCUT2D eigenvalue weighted by Gasteiger charge is 2.12. The number of benzene rings is 2. The molecular weight excluding hydrogens is 320 g/mol. The molecule has 0 unspecified atom stereocenters. The maximum absolute atomic E-state index is 12.3. The topological polar surface area (TPSA) is 69.5 Å². The van der Waals surface area contributed by atoms with Gasteiger partial charge in [0.05, 0.1) is 19.2 Å². The lowest BCUT2D eigenvalue weighted by Gasteiger charge is -2.17. The van der Waals surface area contributed by atoms with E-state index >= 15 is 0 Å². The van der Waals surface area contributed by atoms with Gasteiger partial charge < -0.3 is 14.4 Å². The lowest BCUT2D eigenvalue weighted by atomic mass is 10.3. The quantitative estimate of drug-likeness (QED) is 0.658. The van der Waals surface area contributed by atoms with Gasteiger partial charge >= 0.3 is 0 Å². The second-order valence-corrected chi connectivity index (χ2v) is 5.58. The Hall–Kier alpha value is -3.09. The van der Waals surface area contributed by atoms with E-state index in [0.717, 1.165) is 22.5 Å². The predicted molar refractivity (Wildman–Crippen MR) is 93.7 cm³/mol. The van der Waals surface area contributed by atoms with E-state index in [-0.39, 0.29) is 12.5 Å². The third-order valence-electron chi connectivity index (χ3n) is 3.89. The molecule has 0 bridgehead atoms. The van der Waals surface area contributed by atoms with E-state index in [1.165, 1.54) is 0 Å². The molecule has 3 aromatic rings. The number of rotatable bonds is 7. The van der Waals surface area contributed by atoms with Crippen molar-refractivity contribution in [3.63, 3.8) is 0 Å². The summed E-state index contributed by atoms with van der Waals surface area (Å²) in [6, 6.07) is 14.9. The van der Waals surface area contributed by atoms with Crippen molar-refractivity contribution in [1.29, 1.82) is 0 Å². The first-order valence-electron chi connectivity index (χ1n) is 7.96. The lowest BCUT2D eigenvalue weighted by molar-refractivity contribution is -0.131. The van der Waals surface area contributed by atoms with Crippen molar-refractivity contribution in [2.75, 3.05) is 27.3 Å². The van der Waals surface area contributed by atoms with E-state index in [0.29, 0.717) is 13.2 Å². The molecule has 0 fully saturated rings. The minimum absolute atomic E-state index is 0.0472. The second kappa shape index (κ2) is 7.65. The monoisotopic (exact) mass is 340 g/mol. The predicted octanol–water partition coefficient (Wildman–Crippen LogP) is 1.98. The van der Waals surface area contributed by atoms with Gasteiger partial charge in [-0.3, -0.25) is 4.79 Å². The van der Waals surface area contributed by atoms with Gasteiger partial charge in [0, 0.05) is 7.05 Å². The minimum atomic E-state index is -0.0472. The third-order valence-corrected chi connectivity index (χ3v) is 3.89. The Morgan fingerprint density at radius 3 is 2.60 bits per heavy atom. The van der Waals surface area contributed by atoms with Gasteiger partial charge in [-0.2, -0.15) is 0 Å². The standard InChI is InChI=1S/C18H20N4O3/c1-21(11-12-25-15-9-7-14(24-2)8-10-15)18(23)13-22-17-6-4-3-5-16(17)19-20-22/h3-10H,11-13H2,1-2H3. The van der Waals surface area contributed by atoms with Crippen LogP contribution >= 0.6 is 0 Å². The molecule has 2 aromatic carbocycles. The Labute approximate surface area is 145 Å². The zero-order chi connectivity index (χ0) is 17.6. The average molecular weight is 340 g/mol. The molecule has 1 heterocycles. The molecule has 0 spiro atoms. The molecule has 0 radical (unpaired) electrons. The van der Waals surface area contributed by atoms with Crippen molar-refractivity contribution in [1.82, 2.24) is 19.9 Å². The summed E-state index contributed by atoms with van der Waals surface area (Å²) in [5, 5.41) is 8.09. The molecule has 7 nitrogen and oxygen atoms in total. The summed E-state index contributed by atoms with van der Waals surface area (Å²) in [4.78, 5) is 14.0. The largest absolute Gasteiger partial charge is 0.497 e.